The molecule has 2 rings (SSSR count). The number of methoxy groups -OCH3 is 2. The molecule has 5 nitrogen and oxygen atoms in total. The first kappa shape index (κ1) is 13.0. The molecule has 19 heavy (non-hydrogen) atoms. The molecular formula is C14H14N2O3. The Hall–Kier alpha value is -2.43. The Morgan fingerprint density at radius 2 is 1.68 bits per heavy atom. The van der Waals surface area contributed by atoms with Gasteiger partial charge in [-0.3, -0.25) is 9.78 Å². The minimum absolute atomic E-state index is 0.258. The van der Waals surface area contributed by atoms with Crippen LogP contribution in [-0.2, 0) is 0 Å². The fraction of sp³-hybridized carbons (Fsp3) is 0.214. The average molecular weight is 258 g/mol. The second-order valence-electron chi connectivity index (χ2n) is 3.91. The van der Waals surface area contributed by atoms with Crippen LogP contribution in [0.2, 0.25) is 0 Å². The van der Waals surface area contributed by atoms with Crippen LogP contribution in [0.4, 0.5) is 0 Å². The first-order valence-corrected chi connectivity index (χ1v) is 5.71. The minimum atomic E-state index is -0.276. The largest absolute Gasteiger partial charge is 0.496 e. The highest BCUT2D eigenvalue weighted by Gasteiger charge is 2.20. The van der Waals surface area contributed by atoms with Gasteiger partial charge in [0.25, 0.3) is 0 Å². The smallest absolute Gasteiger partial charge is 0.220 e. The number of hydrogen-bond donors (Lipinski definition) is 0. The van der Waals surface area contributed by atoms with Crippen LogP contribution in [0.1, 0.15) is 21.7 Å². The molecule has 0 bridgehead atoms. The summed E-state index contributed by atoms with van der Waals surface area (Å²) in [6, 6.07) is 5.17. The molecule has 0 aliphatic rings. The van der Waals surface area contributed by atoms with Crippen molar-refractivity contribution in [2.24, 2.45) is 0 Å². The molecule has 0 saturated heterocycles. The van der Waals surface area contributed by atoms with Crippen molar-refractivity contribution in [2.75, 3.05) is 14.2 Å². The van der Waals surface area contributed by atoms with E-state index in [0.29, 0.717) is 17.1 Å². The molecule has 0 spiro atoms. The first-order valence-electron chi connectivity index (χ1n) is 5.71. The molecule has 0 aliphatic carbocycles. The summed E-state index contributed by atoms with van der Waals surface area (Å²) >= 11 is 0. The van der Waals surface area contributed by atoms with Gasteiger partial charge in [0, 0.05) is 6.20 Å². The Morgan fingerprint density at radius 3 is 2.16 bits per heavy atom. The molecule has 0 saturated carbocycles. The molecule has 2 aromatic rings. The number of ketones is 1. The molecule has 0 aliphatic heterocycles. The number of ether oxygens (including phenoxy) is 2. The molecule has 1 heterocycles. The van der Waals surface area contributed by atoms with Gasteiger partial charge >= 0.3 is 0 Å². The number of benzene rings is 1. The molecule has 0 N–H and O–H groups in total. The van der Waals surface area contributed by atoms with Crippen LogP contribution in [0.3, 0.4) is 0 Å². The summed E-state index contributed by atoms with van der Waals surface area (Å²) in [5.74, 6) is 0.625. The third kappa shape index (κ3) is 2.54. The maximum absolute atomic E-state index is 12.5. The predicted octanol–water partition coefficient (Wildman–Crippen LogP) is 2.03. The molecule has 0 amide bonds. The molecule has 0 radical (unpaired) electrons. The summed E-state index contributed by atoms with van der Waals surface area (Å²) in [7, 11) is 3.01. The summed E-state index contributed by atoms with van der Waals surface area (Å²) in [5.41, 5.74) is 1.36. The lowest BCUT2D eigenvalue weighted by molar-refractivity contribution is 0.102. The van der Waals surface area contributed by atoms with Gasteiger partial charge in [0.1, 0.15) is 22.8 Å². The number of nitrogens with zero attached hydrogens (tertiary/aromatic N) is 2. The van der Waals surface area contributed by atoms with E-state index in [2.05, 4.69) is 9.97 Å². The zero-order chi connectivity index (χ0) is 13.8. The highest BCUT2D eigenvalue weighted by Crippen LogP contribution is 2.29. The minimum Gasteiger partial charge on any atom is -0.496 e. The lowest BCUT2D eigenvalue weighted by Crippen LogP contribution is -2.09. The molecule has 0 unspecified atom stereocenters. The number of carbonyl (C=O) groups is 1. The second kappa shape index (κ2) is 5.48. The fourth-order valence-electron chi connectivity index (χ4n) is 1.71. The van der Waals surface area contributed by atoms with Crippen molar-refractivity contribution < 1.29 is 14.3 Å². The third-order valence-corrected chi connectivity index (χ3v) is 2.67. The summed E-state index contributed by atoms with van der Waals surface area (Å²) < 4.78 is 10.4. The van der Waals surface area contributed by atoms with Gasteiger partial charge in [0.2, 0.25) is 5.78 Å². The van der Waals surface area contributed by atoms with Gasteiger partial charge in [-0.25, -0.2) is 4.98 Å². The normalized spacial score (nSPS) is 10.1. The van der Waals surface area contributed by atoms with Crippen molar-refractivity contribution >= 4 is 5.78 Å². The van der Waals surface area contributed by atoms with Crippen molar-refractivity contribution in [1.29, 1.82) is 0 Å². The molecular weight excluding hydrogens is 244 g/mol. The number of aryl methyl sites for hydroxylation is 1. The van der Waals surface area contributed by atoms with Gasteiger partial charge < -0.3 is 9.47 Å². The van der Waals surface area contributed by atoms with E-state index in [1.165, 1.54) is 20.4 Å². The maximum atomic E-state index is 12.5. The number of hydrogen-bond acceptors (Lipinski definition) is 5. The Labute approximate surface area is 111 Å². The lowest BCUT2D eigenvalue weighted by atomic mass is 10.1. The average Bonchev–Trinajstić information content (AvgIpc) is 2.46. The Balaban J connectivity index is 2.51. The Kier molecular flexibility index (Phi) is 3.75. The zero-order valence-corrected chi connectivity index (χ0v) is 11.0. The molecule has 0 atom stereocenters. The quantitative estimate of drug-likeness (QED) is 0.785. The topological polar surface area (TPSA) is 61.3 Å². The van der Waals surface area contributed by atoms with Crippen LogP contribution in [0.15, 0.2) is 30.6 Å². The van der Waals surface area contributed by atoms with Gasteiger partial charge in [-0.2, -0.15) is 0 Å². The van der Waals surface area contributed by atoms with Gasteiger partial charge in [0.15, 0.2) is 0 Å². The number of rotatable bonds is 4. The summed E-state index contributed by atoms with van der Waals surface area (Å²) in [4.78, 5) is 20.6. The number of aromatic nitrogens is 2. The first-order chi connectivity index (χ1) is 9.17. The van der Waals surface area contributed by atoms with Crippen LogP contribution < -0.4 is 9.47 Å². The highest BCUT2D eigenvalue weighted by atomic mass is 16.5. The second-order valence-corrected chi connectivity index (χ2v) is 3.91. The van der Waals surface area contributed by atoms with Crippen molar-refractivity contribution in [3.63, 3.8) is 0 Å². The van der Waals surface area contributed by atoms with E-state index in [1.807, 2.05) is 6.92 Å². The van der Waals surface area contributed by atoms with Crippen LogP contribution in [0.5, 0.6) is 11.5 Å². The predicted molar refractivity (Wildman–Crippen MR) is 69.7 cm³/mol. The van der Waals surface area contributed by atoms with E-state index < -0.39 is 0 Å². The summed E-state index contributed by atoms with van der Waals surface area (Å²) in [6.07, 6.45) is 3.00. The van der Waals surface area contributed by atoms with Crippen LogP contribution in [0, 0.1) is 6.92 Å². The Morgan fingerprint density at radius 1 is 1.05 bits per heavy atom. The summed E-state index contributed by atoms with van der Waals surface area (Å²) in [5, 5.41) is 0. The van der Waals surface area contributed by atoms with Gasteiger partial charge in [-0.1, -0.05) is 6.07 Å². The van der Waals surface area contributed by atoms with Crippen LogP contribution >= 0.6 is 0 Å². The molecule has 1 aromatic heterocycles. The van der Waals surface area contributed by atoms with Crippen molar-refractivity contribution in [1.82, 2.24) is 9.97 Å². The van der Waals surface area contributed by atoms with Gasteiger partial charge in [0.05, 0.1) is 26.1 Å². The van der Waals surface area contributed by atoms with Gasteiger partial charge in [-0.05, 0) is 19.1 Å². The molecule has 98 valence electrons. The molecule has 5 heteroatoms. The maximum Gasteiger partial charge on any atom is 0.220 e. The fourth-order valence-corrected chi connectivity index (χ4v) is 1.71. The van der Waals surface area contributed by atoms with Crippen LogP contribution in [0.25, 0.3) is 0 Å². The third-order valence-electron chi connectivity index (χ3n) is 2.67. The number of carbonyl (C=O) groups excluding carboxylic acids is 1. The molecule has 1 aromatic carbocycles. The van der Waals surface area contributed by atoms with E-state index in [0.717, 1.165) is 5.69 Å². The van der Waals surface area contributed by atoms with E-state index >= 15 is 0 Å². The highest BCUT2D eigenvalue weighted by molar-refractivity contribution is 6.11. The van der Waals surface area contributed by atoms with Crippen molar-refractivity contribution in [3.8, 4) is 11.5 Å². The van der Waals surface area contributed by atoms with E-state index in [1.54, 1.807) is 24.4 Å². The SMILES string of the molecule is COc1cccc(OC)c1C(=O)c1cnc(C)cn1. The van der Waals surface area contributed by atoms with Gasteiger partial charge in [-0.15, -0.1) is 0 Å². The van der Waals surface area contributed by atoms with E-state index in [-0.39, 0.29) is 11.5 Å². The lowest BCUT2D eigenvalue weighted by Gasteiger charge is -2.11. The standard InChI is InChI=1S/C14H14N2O3/c1-9-7-16-10(8-15-9)14(17)13-11(18-2)5-4-6-12(13)19-3/h4-8H,1-3H3. The zero-order valence-electron chi connectivity index (χ0n) is 11.0. The molecule has 0 fully saturated rings. The Bertz CT molecular complexity index is 572. The monoisotopic (exact) mass is 258 g/mol. The van der Waals surface area contributed by atoms with Crippen LogP contribution in [-0.4, -0.2) is 30.0 Å². The van der Waals surface area contributed by atoms with Crippen molar-refractivity contribution in [2.45, 2.75) is 6.92 Å². The van der Waals surface area contributed by atoms with E-state index in [4.69, 9.17) is 9.47 Å². The van der Waals surface area contributed by atoms with Crippen molar-refractivity contribution in [3.05, 3.63) is 47.5 Å². The summed E-state index contributed by atoms with van der Waals surface area (Å²) in [6.45, 7) is 1.81. The van der Waals surface area contributed by atoms with E-state index in [9.17, 15) is 4.79 Å².